The van der Waals surface area contributed by atoms with Crippen molar-refractivity contribution in [2.45, 2.75) is 12.8 Å². The molecule has 0 amide bonds. The Kier molecular flexibility index (Phi) is 6.10. The highest BCUT2D eigenvalue weighted by molar-refractivity contribution is 9.10. The van der Waals surface area contributed by atoms with Crippen molar-refractivity contribution >= 4 is 38.3 Å². The van der Waals surface area contributed by atoms with Crippen LogP contribution in [0.2, 0.25) is 0 Å². The molecule has 6 nitrogen and oxygen atoms in total. The van der Waals surface area contributed by atoms with Gasteiger partial charge in [-0.05, 0) is 62.2 Å². The number of benzene rings is 2. The predicted octanol–water partition coefficient (Wildman–Crippen LogP) is 4.66. The summed E-state index contributed by atoms with van der Waals surface area (Å²) in [4.78, 5) is 8.78. The number of methoxy groups -OCH3 is 1. The summed E-state index contributed by atoms with van der Waals surface area (Å²) in [5.74, 6) is 1.40. The van der Waals surface area contributed by atoms with Gasteiger partial charge < -0.3 is 20.1 Å². The van der Waals surface area contributed by atoms with E-state index in [4.69, 9.17) is 9.47 Å². The third kappa shape index (κ3) is 4.76. The van der Waals surface area contributed by atoms with E-state index in [1.807, 2.05) is 18.2 Å². The van der Waals surface area contributed by atoms with Crippen molar-refractivity contribution < 1.29 is 13.9 Å². The van der Waals surface area contributed by atoms with Gasteiger partial charge in [-0.25, -0.2) is 4.39 Å². The van der Waals surface area contributed by atoms with Gasteiger partial charge in [0.15, 0.2) is 0 Å². The van der Waals surface area contributed by atoms with Gasteiger partial charge in [-0.3, -0.25) is 0 Å². The molecule has 0 aliphatic carbocycles. The van der Waals surface area contributed by atoms with E-state index in [9.17, 15) is 4.39 Å². The molecule has 2 heterocycles. The van der Waals surface area contributed by atoms with Gasteiger partial charge in [0.25, 0.3) is 0 Å². The van der Waals surface area contributed by atoms with E-state index in [1.54, 1.807) is 12.1 Å². The Bertz CT molecular complexity index is 1010. The standard InChI is InChI=1S/C21H22BrFN4O2/c1-28-21-26-19-11-15(29-12-13-6-8-24-9-7-13)3-4-16(19)20(27-21)25-18-5-2-14(22)10-17(18)23/h2-5,10-11,13,24H,6-9,12H2,1H3,(H,25,26,27). The second-order valence-electron chi connectivity index (χ2n) is 6.99. The molecule has 2 N–H and O–H groups in total. The Morgan fingerprint density at radius 1 is 1.17 bits per heavy atom. The number of nitrogens with zero attached hydrogens (tertiary/aromatic N) is 2. The zero-order valence-corrected chi connectivity index (χ0v) is 17.6. The Hall–Kier alpha value is -2.45. The summed E-state index contributed by atoms with van der Waals surface area (Å²) < 4.78 is 26.2. The highest BCUT2D eigenvalue weighted by Gasteiger charge is 2.15. The number of piperidine rings is 1. The molecule has 0 spiro atoms. The minimum absolute atomic E-state index is 0.202. The fourth-order valence-electron chi connectivity index (χ4n) is 3.35. The van der Waals surface area contributed by atoms with E-state index in [1.165, 1.54) is 13.2 Å². The monoisotopic (exact) mass is 460 g/mol. The number of aromatic nitrogens is 2. The number of hydrogen-bond donors (Lipinski definition) is 2. The minimum atomic E-state index is -0.382. The van der Waals surface area contributed by atoms with Gasteiger partial charge in [0, 0.05) is 15.9 Å². The quantitative estimate of drug-likeness (QED) is 0.557. The van der Waals surface area contributed by atoms with Crippen LogP contribution >= 0.6 is 15.9 Å². The molecule has 3 aromatic rings. The van der Waals surface area contributed by atoms with E-state index in [0.717, 1.165) is 37.1 Å². The minimum Gasteiger partial charge on any atom is -0.493 e. The molecule has 8 heteroatoms. The smallest absolute Gasteiger partial charge is 0.318 e. The lowest BCUT2D eigenvalue weighted by atomic mass is 9.99. The summed E-state index contributed by atoms with van der Waals surface area (Å²) in [6.07, 6.45) is 2.24. The molecule has 1 fully saturated rings. The highest BCUT2D eigenvalue weighted by Crippen LogP contribution is 2.30. The lowest BCUT2D eigenvalue weighted by molar-refractivity contribution is 0.215. The van der Waals surface area contributed by atoms with Crippen molar-refractivity contribution in [3.8, 4) is 11.8 Å². The third-order valence-corrected chi connectivity index (χ3v) is 5.45. The molecule has 0 saturated carbocycles. The molecule has 2 aromatic carbocycles. The average molecular weight is 461 g/mol. The Labute approximate surface area is 177 Å². The number of anilines is 2. The first-order chi connectivity index (χ1) is 14.1. The second kappa shape index (κ2) is 8.92. The lowest BCUT2D eigenvalue weighted by Crippen LogP contribution is -2.30. The van der Waals surface area contributed by atoms with Crippen LogP contribution in [0.3, 0.4) is 0 Å². The molecule has 0 atom stereocenters. The molecule has 0 bridgehead atoms. The van der Waals surface area contributed by atoms with Crippen LogP contribution in [0.5, 0.6) is 11.8 Å². The number of fused-ring (bicyclic) bond motifs is 1. The summed E-state index contributed by atoms with van der Waals surface area (Å²) in [6.45, 7) is 2.76. The summed E-state index contributed by atoms with van der Waals surface area (Å²) >= 11 is 3.26. The summed E-state index contributed by atoms with van der Waals surface area (Å²) in [5, 5.41) is 7.16. The van der Waals surface area contributed by atoms with Crippen LogP contribution in [0.25, 0.3) is 10.9 Å². The summed E-state index contributed by atoms with van der Waals surface area (Å²) in [6, 6.07) is 10.6. The van der Waals surface area contributed by atoms with Crippen LogP contribution in [-0.2, 0) is 0 Å². The van der Waals surface area contributed by atoms with E-state index in [2.05, 4.69) is 36.5 Å². The maximum atomic E-state index is 14.3. The van der Waals surface area contributed by atoms with Gasteiger partial charge in [-0.1, -0.05) is 15.9 Å². The molecule has 1 aliphatic rings. The normalized spacial score (nSPS) is 14.7. The maximum Gasteiger partial charge on any atom is 0.318 e. The molecule has 1 saturated heterocycles. The van der Waals surface area contributed by atoms with E-state index in [-0.39, 0.29) is 11.8 Å². The largest absolute Gasteiger partial charge is 0.493 e. The molecule has 1 aromatic heterocycles. The molecule has 4 rings (SSSR count). The number of ether oxygens (including phenoxy) is 2. The van der Waals surface area contributed by atoms with E-state index in [0.29, 0.717) is 34.0 Å². The Morgan fingerprint density at radius 2 is 2.00 bits per heavy atom. The molecule has 29 heavy (non-hydrogen) atoms. The fourth-order valence-corrected chi connectivity index (χ4v) is 3.68. The van der Waals surface area contributed by atoms with Gasteiger partial charge in [0.1, 0.15) is 17.4 Å². The van der Waals surface area contributed by atoms with Crippen LogP contribution in [0.15, 0.2) is 40.9 Å². The van der Waals surface area contributed by atoms with Crippen molar-refractivity contribution in [2.75, 3.05) is 32.1 Å². The van der Waals surface area contributed by atoms with Gasteiger partial charge in [-0.15, -0.1) is 0 Å². The zero-order valence-electron chi connectivity index (χ0n) is 16.0. The van der Waals surface area contributed by atoms with E-state index >= 15 is 0 Å². The van der Waals surface area contributed by atoms with Crippen LogP contribution < -0.4 is 20.1 Å². The van der Waals surface area contributed by atoms with Crippen LogP contribution in [0.1, 0.15) is 12.8 Å². The second-order valence-corrected chi connectivity index (χ2v) is 7.91. The van der Waals surface area contributed by atoms with Crippen LogP contribution in [0.4, 0.5) is 15.9 Å². The van der Waals surface area contributed by atoms with Crippen molar-refractivity contribution in [2.24, 2.45) is 5.92 Å². The average Bonchev–Trinajstić information content (AvgIpc) is 2.74. The van der Waals surface area contributed by atoms with E-state index < -0.39 is 0 Å². The first kappa shape index (κ1) is 19.8. The van der Waals surface area contributed by atoms with Gasteiger partial charge >= 0.3 is 6.01 Å². The summed E-state index contributed by atoms with van der Waals surface area (Å²) in [7, 11) is 1.50. The topological polar surface area (TPSA) is 68.3 Å². The number of halogens is 2. The van der Waals surface area contributed by atoms with Gasteiger partial charge in [0.05, 0.1) is 24.9 Å². The van der Waals surface area contributed by atoms with Gasteiger partial charge in [0.2, 0.25) is 0 Å². The molecular weight excluding hydrogens is 439 g/mol. The van der Waals surface area contributed by atoms with Crippen LogP contribution in [0, 0.1) is 11.7 Å². The zero-order chi connectivity index (χ0) is 20.2. The number of nitrogens with one attached hydrogen (secondary N) is 2. The predicted molar refractivity (Wildman–Crippen MR) is 115 cm³/mol. The maximum absolute atomic E-state index is 14.3. The van der Waals surface area contributed by atoms with Gasteiger partial charge in [-0.2, -0.15) is 9.97 Å². The third-order valence-electron chi connectivity index (χ3n) is 4.96. The lowest BCUT2D eigenvalue weighted by Gasteiger charge is -2.22. The Morgan fingerprint density at radius 3 is 2.76 bits per heavy atom. The van der Waals surface area contributed by atoms with Crippen LogP contribution in [-0.4, -0.2) is 36.8 Å². The molecule has 1 aliphatic heterocycles. The Balaban J connectivity index is 1.60. The summed E-state index contributed by atoms with van der Waals surface area (Å²) in [5.41, 5.74) is 0.987. The van der Waals surface area contributed by atoms with Crippen molar-refractivity contribution in [3.05, 3.63) is 46.7 Å². The first-order valence-electron chi connectivity index (χ1n) is 9.54. The van der Waals surface area contributed by atoms with Crippen molar-refractivity contribution in [1.29, 1.82) is 0 Å². The molecular formula is C21H22BrFN4O2. The molecule has 0 unspecified atom stereocenters. The number of rotatable bonds is 6. The fraction of sp³-hybridized carbons (Fsp3) is 0.333. The van der Waals surface area contributed by atoms with Crippen molar-refractivity contribution in [1.82, 2.24) is 15.3 Å². The molecule has 152 valence electrons. The molecule has 0 radical (unpaired) electrons. The SMILES string of the molecule is COc1nc(Nc2ccc(Br)cc2F)c2ccc(OCC3CCNCC3)cc2n1. The number of hydrogen-bond acceptors (Lipinski definition) is 6. The van der Waals surface area contributed by atoms with Crippen molar-refractivity contribution in [3.63, 3.8) is 0 Å². The highest BCUT2D eigenvalue weighted by atomic mass is 79.9. The first-order valence-corrected chi connectivity index (χ1v) is 10.3.